The van der Waals surface area contributed by atoms with E-state index >= 15 is 0 Å². The van der Waals surface area contributed by atoms with Crippen molar-refractivity contribution in [3.63, 3.8) is 0 Å². The van der Waals surface area contributed by atoms with Crippen LogP contribution in [0.25, 0.3) is 0 Å². The van der Waals surface area contributed by atoms with Gasteiger partial charge in [-0.25, -0.2) is 4.90 Å². The van der Waals surface area contributed by atoms with E-state index in [4.69, 9.17) is 9.47 Å². The third-order valence-electron chi connectivity index (χ3n) is 4.48. The largest absolute Gasteiger partial charge is 0.494 e. The maximum absolute atomic E-state index is 12.6. The van der Waals surface area contributed by atoms with Gasteiger partial charge >= 0.3 is 0 Å². The summed E-state index contributed by atoms with van der Waals surface area (Å²) in [5.41, 5.74) is 0.604. The quantitative estimate of drug-likeness (QED) is 0.629. The second-order valence-electron chi connectivity index (χ2n) is 5.86. The Labute approximate surface area is 128 Å². The summed E-state index contributed by atoms with van der Waals surface area (Å²) in [5, 5.41) is 0. The van der Waals surface area contributed by atoms with Crippen LogP contribution in [0, 0.1) is 11.8 Å². The average molecular weight is 299 g/mol. The zero-order valence-electron chi connectivity index (χ0n) is 12.3. The Morgan fingerprint density at radius 1 is 1.05 bits per heavy atom. The molecule has 0 saturated carbocycles. The first-order valence-electron chi connectivity index (χ1n) is 7.65. The Morgan fingerprint density at radius 3 is 2.18 bits per heavy atom. The van der Waals surface area contributed by atoms with Crippen molar-refractivity contribution in [3.05, 3.63) is 36.4 Å². The summed E-state index contributed by atoms with van der Waals surface area (Å²) in [4.78, 5) is 26.5. The molecule has 1 aromatic rings. The Morgan fingerprint density at radius 2 is 1.64 bits per heavy atom. The molecule has 0 N–H and O–H groups in total. The Bertz CT molecular complexity index is 621. The lowest BCUT2D eigenvalue weighted by Gasteiger charge is -2.18. The fourth-order valence-corrected chi connectivity index (χ4v) is 3.47. The highest BCUT2D eigenvalue weighted by atomic mass is 16.5. The number of ether oxygens (including phenoxy) is 2. The molecule has 2 amide bonds. The topological polar surface area (TPSA) is 55.8 Å². The normalized spacial score (nSPS) is 32.0. The first-order chi connectivity index (χ1) is 10.7. The average Bonchev–Trinajstić information content (AvgIpc) is 3.20. The minimum absolute atomic E-state index is 0.158. The first kappa shape index (κ1) is 13.5. The van der Waals surface area contributed by atoms with Crippen LogP contribution in [0.3, 0.4) is 0 Å². The summed E-state index contributed by atoms with van der Waals surface area (Å²) in [5.74, 6) is -0.296. The van der Waals surface area contributed by atoms with Gasteiger partial charge < -0.3 is 9.47 Å². The Balaban J connectivity index is 1.58. The van der Waals surface area contributed by atoms with Gasteiger partial charge in [0.25, 0.3) is 0 Å². The Kier molecular flexibility index (Phi) is 3.04. The van der Waals surface area contributed by atoms with Gasteiger partial charge in [-0.1, -0.05) is 19.1 Å². The van der Waals surface area contributed by atoms with Crippen molar-refractivity contribution in [1.82, 2.24) is 0 Å². The lowest BCUT2D eigenvalue weighted by molar-refractivity contribution is -0.124. The van der Waals surface area contributed by atoms with Crippen molar-refractivity contribution < 1.29 is 19.1 Å². The van der Waals surface area contributed by atoms with Crippen molar-refractivity contribution >= 4 is 17.5 Å². The van der Waals surface area contributed by atoms with E-state index in [1.807, 2.05) is 19.1 Å². The predicted octanol–water partition coefficient (Wildman–Crippen LogP) is 1.92. The molecule has 0 spiro atoms. The molecule has 3 heterocycles. The molecule has 3 aliphatic rings. The molecule has 22 heavy (non-hydrogen) atoms. The number of imide groups is 1. The smallest absolute Gasteiger partial charge is 0.240 e. The number of hydrogen-bond donors (Lipinski definition) is 0. The van der Waals surface area contributed by atoms with E-state index in [0.717, 1.165) is 12.2 Å². The summed E-state index contributed by atoms with van der Waals surface area (Å²) in [6.07, 6.45) is 4.22. The van der Waals surface area contributed by atoms with E-state index in [-0.39, 0.29) is 35.9 Å². The lowest BCUT2D eigenvalue weighted by Crippen LogP contribution is -2.34. The van der Waals surface area contributed by atoms with Crippen LogP contribution in [0.5, 0.6) is 5.75 Å². The standard InChI is InChI=1S/C17H17NO4/c1-2-9-21-11-5-3-10(4-6-11)18-16(19)14-12-7-8-13(22-12)15(14)17(18)20/h3-8,12-15H,2,9H2,1H3. The molecule has 2 fully saturated rings. The molecule has 4 unspecified atom stereocenters. The van der Waals surface area contributed by atoms with Crippen LogP contribution in [0.2, 0.25) is 0 Å². The molecule has 0 aliphatic carbocycles. The molecule has 5 nitrogen and oxygen atoms in total. The maximum Gasteiger partial charge on any atom is 0.240 e. The fourth-order valence-electron chi connectivity index (χ4n) is 3.47. The third kappa shape index (κ3) is 1.82. The number of hydrogen-bond acceptors (Lipinski definition) is 4. The highest BCUT2D eigenvalue weighted by Gasteiger charge is 2.60. The highest BCUT2D eigenvalue weighted by molar-refractivity contribution is 6.23. The SMILES string of the molecule is CCCOc1ccc(N2C(=O)C3C4C=CC(O4)C3C2=O)cc1. The molecular weight excluding hydrogens is 282 g/mol. The molecule has 5 heteroatoms. The van der Waals surface area contributed by atoms with E-state index < -0.39 is 0 Å². The van der Waals surface area contributed by atoms with Crippen LogP contribution in [-0.2, 0) is 14.3 Å². The van der Waals surface area contributed by atoms with Crippen molar-refractivity contribution in [2.24, 2.45) is 11.8 Å². The number of carbonyl (C=O) groups is 2. The van der Waals surface area contributed by atoms with Crippen molar-refractivity contribution in [2.45, 2.75) is 25.6 Å². The lowest BCUT2D eigenvalue weighted by atomic mass is 9.85. The molecule has 114 valence electrons. The van der Waals surface area contributed by atoms with Gasteiger partial charge in [-0.15, -0.1) is 0 Å². The highest BCUT2D eigenvalue weighted by Crippen LogP contribution is 2.46. The summed E-state index contributed by atoms with van der Waals surface area (Å²) < 4.78 is 11.2. The van der Waals surface area contributed by atoms with E-state index in [9.17, 15) is 9.59 Å². The van der Waals surface area contributed by atoms with Gasteiger partial charge in [-0.3, -0.25) is 9.59 Å². The summed E-state index contributed by atoms with van der Waals surface area (Å²) in [7, 11) is 0. The molecule has 3 aliphatic heterocycles. The first-order valence-corrected chi connectivity index (χ1v) is 7.65. The van der Waals surface area contributed by atoms with Gasteiger partial charge in [0.2, 0.25) is 11.8 Å². The minimum Gasteiger partial charge on any atom is -0.494 e. The van der Waals surface area contributed by atoms with Gasteiger partial charge in [0.05, 0.1) is 36.3 Å². The number of fused-ring (bicyclic) bond motifs is 5. The second kappa shape index (κ2) is 4.95. The summed E-state index contributed by atoms with van der Waals surface area (Å²) in [6.45, 7) is 2.69. The van der Waals surface area contributed by atoms with Crippen LogP contribution >= 0.6 is 0 Å². The van der Waals surface area contributed by atoms with Gasteiger partial charge in [0, 0.05) is 0 Å². The molecule has 2 saturated heterocycles. The van der Waals surface area contributed by atoms with E-state index in [1.54, 1.807) is 24.3 Å². The molecular formula is C17H17NO4. The van der Waals surface area contributed by atoms with E-state index in [0.29, 0.717) is 12.3 Å². The zero-order valence-corrected chi connectivity index (χ0v) is 12.3. The van der Waals surface area contributed by atoms with Crippen LogP contribution in [0.15, 0.2) is 36.4 Å². The number of anilines is 1. The zero-order chi connectivity index (χ0) is 15.3. The maximum atomic E-state index is 12.6. The van der Waals surface area contributed by atoms with Gasteiger partial charge in [-0.05, 0) is 30.7 Å². The summed E-state index contributed by atoms with van der Waals surface area (Å²) in [6, 6.07) is 7.11. The van der Waals surface area contributed by atoms with Gasteiger partial charge in [-0.2, -0.15) is 0 Å². The number of benzene rings is 1. The molecule has 4 rings (SSSR count). The van der Waals surface area contributed by atoms with Crippen molar-refractivity contribution in [3.8, 4) is 5.75 Å². The van der Waals surface area contributed by atoms with Gasteiger partial charge in [0.15, 0.2) is 0 Å². The van der Waals surface area contributed by atoms with Crippen LogP contribution in [0.4, 0.5) is 5.69 Å². The molecule has 1 aromatic carbocycles. The number of carbonyl (C=O) groups excluding carboxylic acids is 2. The monoisotopic (exact) mass is 299 g/mol. The van der Waals surface area contributed by atoms with E-state index in [1.165, 1.54) is 4.90 Å². The predicted molar refractivity (Wildman–Crippen MR) is 79.5 cm³/mol. The van der Waals surface area contributed by atoms with Crippen molar-refractivity contribution in [1.29, 1.82) is 0 Å². The van der Waals surface area contributed by atoms with Gasteiger partial charge in [0.1, 0.15) is 5.75 Å². The van der Waals surface area contributed by atoms with Crippen LogP contribution < -0.4 is 9.64 Å². The number of nitrogens with zero attached hydrogens (tertiary/aromatic N) is 1. The minimum atomic E-state index is -0.362. The second-order valence-corrected chi connectivity index (χ2v) is 5.86. The molecule has 0 radical (unpaired) electrons. The van der Waals surface area contributed by atoms with E-state index in [2.05, 4.69) is 0 Å². The van der Waals surface area contributed by atoms with Crippen molar-refractivity contribution in [2.75, 3.05) is 11.5 Å². The van der Waals surface area contributed by atoms with Crippen LogP contribution in [-0.4, -0.2) is 30.6 Å². The molecule has 2 bridgehead atoms. The summed E-state index contributed by atoms with van der Waals surface area (Å²) >= 11 is 0. The molecule has 4 atom stereocenters. The number of rotatable bonds is 4. The van der Waals surface area contributed by atoms with Crippen LogP contribution in [0.1, 0.15) is 13.3 Å². The Hall–Kier alpha value is -2.14. The fraction of sp³-hybridized carbons (Fsp3) is 0.412. The number of amides is 2. The molecule has 0 aromatic heterocycles. The third-order valence-corrected chi connectivity index (χ3v) is 4.48.